The van der Waals surface area contributed by atoms with Crippen LogP contribution in [0.4, 0.5) is 0 Å². The van der Waals surface area contributed by atoms with Crippen LogP contribution in [0.3, 0.4) is 0 Å². The van der Waals surface area contributed by atoms with Crippen LogP contribution in [-0.4, -0.2) is 43.3 Å². The Morgan fingerprint density at radius 2 is 2.09 bits per heavy atom. The lowest BCUT2D eigenvalue weighted by atomic mass is 9.95. The van der Waals surface area contributed by atoms with Crippen molar-refractivity contribution in [1.82, 2.24) is 4.90 Å². The number of carbonyl (C=O) groups is 1. The monoisotopic (exact) mass is 305 g/mol. The number of nitrogens with zero attached hydrogens (tertiary/aromatic N) is 1. The van der Waals surface area contributed by atoms with E-state index < -0.39 is 0 Å². The molecule has 0 aliphatic carbocycles. The van der Waals surface area contributed by atoms with Gasteiger partial charge in [-0.1, -0.05) is 30.3 Å². The van der Waals surface area contributed by atoms with Crippen LogP contribution in [0.2, 0.25) is 0 Å². The molecule has 0 saturated carbocycles. The summed E-state index contributed by atoms with van der Waals surface area (Å²) in [7, 11) is 1.68. The van der Waals surface area contributed by atoms with Crippen molar-refractivity contribution in [2.45, 2.75) is 38.8 Å². The fourth-order valence-corrected chi connectivity index (χ4v) is 2.94. The zero-order chi connectivity index (χ0) is 16.0. The Balaban J connectivity index is 2.18. The van der Waals surface area contributed by atoms with Crippen molar-refractivity contribution in [2.24, 2.45) is 5.92 Å². The van der Waals surface area contributed by atoms with Gasteiger partial charge in [-0.3, -0.25) is 4.79 Å². The summed E-state index contributed by atoms with van der Waals surface area (Å²) in [6.45, 7) is 6.53. The minimum absolute atomic E-state index is 0.0337. The Morgan fingerprint density at radius 3 is 2.68 bits per heavy atom. The first kappa shape index (κ1) is 17.0. The van der Waals surface area contributed by atoms with Crippen LogP contribution < -0.4 is 0 Å². The third-order valence-electron chi connectivity index (χ3n) is 4.19. The topological polar surface area (TPSA) is 38.8 Å². The smallest absolute Gasteiger partial charge is 0.228 e. The Kier molecular flexibility index (Phi) is 5.98. The number of hydrogen-bond acceptors (Lipinski definition) is 3. The standard InChI is InChI=1S/C18H27NO3/c1-18(2,14-21-3)19(12-15-8-5-4-6-9-15)17(20)16-10-7-11-22-13-16/h4-6,8-9,16H,7,10-14H2,1-3H3/t16-/m1/s1. The number of ether oxygens (including phenoxy) is 2. The lowest BCUT2D eigenvalue weighted by Gasteiger charge is -2.41. The van der Waals surface area contributed by atoms with Crippen LogP contribution in [0.25, 0.3) is 0 Å². The van der Waals surface area contributed by atoms with E-state index in [4.69, 9.17) is 9.47 Å². The fourth-order valence-electron chi connectivity index (χ4n) is 2.94. The second-order valence-electron chi connectivity index (χ2n) is 6.57. The summed E-state index contributed by atoms with van der Waals surface area (Å²) in [5, 5.41) is 0. The molecule has 1 heterocycles. The van der Waals surface area contributed by atoms with Crippen molar-refractivity contribution in [3.63, 3.8) is 0 Å². The predicted octanol–water partition coefficient (Wildman–Crippen LogP) is 2.87. The van der Waals surface area contributed by atoms with E-state index in [1.165, 1.54) is 0 Å². The second kappa shape index (κ2) is 7.75. The zero-order valence-electron chi connectivity index (χ0n) is 13.9. The Morgan fingerprint density at radius 1 is 1.36 bits per heavy atom. The van der Waals surface area contributed by atoms with E-state index in [1.807, 2.05) is 23.1 Å². The molecule has 0 unspecified atom stereocenters. The van der Waals surface area contributed by atoms with E-state index in [0.717, 1.165) is 25.0 Å². The molecule has 0 spiro atoms. The molecule has 0 N–H and O–H groups in total. The van der Waals surface area contributed by atoms with Gasteiger partial charge in [-0.25, -0.2) is 0 Å². The third-order valence-corrected chi connectivity index (χ3v) is 4.19. The van der Waals surface area contributed by atoms with E-state index in [9.17, 15) is 4.79 Å². The van der Waals surface area contributed by atoms with Crippen molar-refractivity contribution >= 4 is 5.91 Å². The van der Waals surface area contributed by atoms with Gasteiger partial charge in [0.1, 0.15) is 0 Å². The maximum atomic E-state index is 13.0. The van der Waals surface area contributed by atoms with Crippen molar-refractivity contribution in [3.05, 3.63) is 35.9 Å². The predicted molar refractivity (Wildman–Crippen MR) is 86.5 cm³/mol. The molecule has 4 nitrogen and oxygen atoms in total. The molecule has 0 bridgehead atoms. The van der Waals surface area contributed by atoms with Crippen LogP contribution in [0.5, 0.6) is 0 Å². The van der Waals surface area contributed by atoms with Crippen LogP contribution >= 0.6 is 0 Å². The van der Waals surface area contributed by atoms with Gasteiger partial charge in [0.2, 0.25) is 5.91 Å². The van der Waals surface area contributed by atoms with Gasteiger partial charge in [0, 0.05) is 20.3 Å². The molecule has 1 amide bonds. The highest BCUT2D eigenvalue weighted by Gasteiger charge is 2.35. The molecular weight excluding hydrogens is 278 g/mol. The minimum atomic E-state index is -0.348. The van der Waals surface area contributed by atoms with Crippen molar-refractivity contribution in [1.29, 1.82) is 0 Å². The van der Waals surface area contributed by atoms with E-state index in [1.54, 1.807) is 7.11 Å². The van der Waals surface area contributed by atoms with E-state index in [-0.39, 0.29) is 17.4 Å². The minimum Gasteiger partial charge on any atom is -0.382 e. The van der Waals surface area contributed by atoms with E-state index in [0.29, 0.717) is 19.8 Å². The molecule has 1 fully saturated rings. The third kappa shape index (κ3) is 4.31. The molecule has 0 aromatic heterocycles. The van der Waals surface area contributed by atoms with Gasteiger partial charge in [0.25, 0.3) is 0 Å². The zero-order valence-corrected chi connectivity index (χ0v) is 13.9. The van der Waals surface area contributed by atoms with Gasteiger partial charge < -0.3 is 14.4 Å². The van der Waals surface area contributed by atoms with Crippen LogP contribution in [0.15, 0.2) is 30.3 Å². The molecule has 0 radical (unpaired) electrons. The highest BCUT2D eigenvalue weighted by atomic mass is 16.5. The van der Waals surface area contributed by atoms with E-state index >= 15 is 0 Å². The summed E-state index contributed by atoms with van der Waals surface area (Å²) >= 11 is 0. The summed E-state index contributed by atoms with van der Waals surface area (Å²) in [5.41, 5.74) is 0.788. The van der Waals surface area contributed by atoms with Gasteiger partial charge in [0.15, 0.2) is 0 Å². The van der Waals surface area contributed by atoms with Gasteiger partial charge in [-0.05, 0) is 32.3 Å². The number of methoxy groups -OCH3 is 1. The first-order valence-corrected chi connectivity index (χ1v) is 7.96. The summed E-state index contributed by atoms with van der Waals surface area (Å²) < 4.78 is 10.8. The lowest BCUT2D eigenvalue weighted by molar-refractivity contribution is -0.148. The fraction of sp³-hybridized carbons (Fsp3) is 0.611. The molecule has 122 valence electrons. The number of rotatable bonds is 6. The second-order valence-corrected chi connectivity index (χ2v) is 6.57. The SMILES string of the molecule is COCC(C)(C)N(Cc1ccccc1)C(=O)[C@@H]1CCCOC1. The average molecular weight is 305 g/mol. The van der Waals surface area contributed by atoms with Gasteiger partial charge in [-0.15, -0.1) is 0 Å². The Labute approximate surface area is 133 Å². The molecule has 1 aromatic rings. The highest BCUT2D eigenvalue weighted by Crippen LogP contribution is 2.25. The number of carbonyl (C=O) groups excluding carboxylic acids is 1. The normalized spacial score (nSPS) is 19.0. The number of benzene rings is 1. The van der Waals surface area contributed by atoms with Gasteiger partial charge in [-0.2, -0.15) is 0 Å². The Bertz CT molecular complexity index is 466. The average Bonchev–Trinajstić information content (AvgIpc) is 2.53. The lowest BCUT2D eigenvalue weighted by Crippen LogP contribution is -2.53. The summed E-state index contributed by atoms with van der Waals surface area (Å²) in [5.74, 6) is 0.138. The highest BCUT2D eigenvalue weighted by molar-refractivity contribution is 5.80. The molecular formula is C18H27NO3. The molecule has 1 aliphatic heterocycles. The van der Waals surface area contributed by atoms with Crippen molar-refractivity contribution < 1.29 is 14.3 Å². The molecule has 2 rings (SSSR count). The quantitative estimate of drug-likeness (QED) is 0.811. The molecule has 1 aromatic carbocycles. The first-order valence-electron chi connectivity index (χ1n) is 7.96. The molecule has 1 aliphatic rings. The maximum Gasteiger partial charge on any atom is 0.228 e. The summed E-state index contributed by atoms with van der Waals surface area (Å²) in [6, 6.07) is 10.1. The van der Waals surface area contributed by atoms with Gasteiger partial charge in [0.05, 0.1) is 24.7 Å². The first-order chi connectivity index (χ1) is 10.5. The van der Waals surface area contributed by atoms with Crippen LogP contribution in [0.1, 0.15) is 32.3 Å². The van der Waals surface area contributed by atoms with Crippen LogP contribution in [-0.2, 0) is 20.8 Å². The summed E-state index contributed by atoms with van der Waals surface area (Å²) in [6.07, 6.45) is 1.87. The number of hydrogen-bond donors (Lipinski definition) is 0. The number of amides is 1. The van der Waals surface area contributed by atoms with E-state index in [2.05, 4.69) is 26.0 Å². The largest absolute Gasteiger partial charge is 0.382 e. The van der Waals surface area contributed by atoms with Crippen molar-refractivity contribution in [3.8, 4) is 0 Å². The molecule has 22 heavy (non-hydrogen) atoms. The molecule has 1 atom stereocenters. The molecule has 1 saturated heterocycles. The molecule has 4 heteroatoms. The van der Waals surface area contributed by atoms with Crippen molar-refractivity contribution in [2.75, 3.05) is 26.9 Å². The van der Waals surface area contributed by atoms with Crippen LogP contribution in [0, 0.1) is 5.92 Å². The van der Waals surface area contributed by atoms with Gasteiger partial charge >= 0.3 is 0 Å². The Hall–Kier alpha value is -1.39. The maximum absolute atomic E-state index is 13.0. The summed E-state index contributed by atoms with van der Waals surface area (Å²) in [4.78, 5) is 15.0.